The van der Waals surface area contributed by atoms with Crippen molar-refractivity contribution in [3.05, 3.63) is 34.9 Å². The molecular weight excluding hydrogens is 314 g/mol. The van der Waals surface area contributed by atoms with Crippen molar-refractivity contribution in [2.75, 3.05) is 19.7 Å². The summed E-state index contributed by atoms with van der Waals surface area (Å²) in [4.78, 5) is 14.9. The van der Waals surface area contributed by atoms with Crippen molar-refractivity contribution >= 4 is 17.5 Å². The normalized spacial score (nSPS) is 20.4. The summed E-state index contributed by atoms with van der Waals surface area (Å²) in [6.45, 7) is 7.46. The second kappa shape index (κ2) is 7.65. The van der Waals surface area contributed by atoms with Crippen LogP contribution in [0.2, 0.25) is 5.02 Å². The first-order valence-corrected chi connectivity index (χ1v) is 8.59. The Kier molecular flexibility index (Phi) is 6.06. The minimum atomic E-state index is -0.797. The average molecular weight is 340 g/mol. The number of benzene rings is 1. The molecule has 128 valence electrons. The number of ether oxygens (including phenoxy) is 1. The van der Waals surface area contributed by atoms with Crippen LogP contribution >= 0.6 is 11.6 Å². The average Bonchev–Trinajstić information content (AvgIpc) is 2.55. The molecule has 0 aromatic heterocycles. The smallest absolute Gasteiger partial charge is 0.232 e. The quantitative estimate of drug-likeness (QED) is 0.838. The van der Waals surface area contributed by atoms with Gasteiger partial charge in [-0.05, 0) is 51.3 Å². The first-order chi connectivity index (χ1) is 10.9. The Bertz CT molecular complexity index is 530. The SMILES string of the molecule is CCOC(O)[C@@H]1CCCN(C(=O)C(C)(C)c2ccc(Cl)cc2)C1. The maximum absolute atomic E-state index is 13.0. The molecule has 5 heteroatoms. The second-order valence-corrected chi connectivity index (χ2v) is 7.07. The largest absolute Gasteiger partial charge is 0.368 e. The lowest BCUT2D eigenvalue weighted by Gasteiger charge is -2.39. The number of carbonyl (C=O) groups is 1. The third kappa shape index (κ3) is 4.25. The molecule has 2 rings (SSSR count). The number of likely N-dealkylation sites (tertiary alicyclic amines) is 1. The van der Waals surface area contributed by atoms with Gasteiger partial charge in [-0.1, -0.05) is 23.7 Å². The van der Waals surface area contributed by atoms with E-state index < -0.39 is 11.7 Å². The van der Waals surface area contributed by atoms with Crippen molar-refractivity contribution in [3.8, 4) is 0 Å². The lowest BCUT2D eigenvalue weighted by Crippen LogP contribution is -2.50. The fourth-order valence-electron chi connectivity index (χ4n) is 3.12. The standard InChI is InChI=1S/C18H26ClNO3/c1-4-23-16(21)13-6-5-11-20(12-13)17(22)18(2,3)14-7-9-15(19)10-8-14/h7-10,13,16,21H,4-6,11-12H2,1-3H3/t13-,16?/m1/s1. The highest BCUT2D eigenvalue weighted by molar-refractivity contribution is 6.30. The predicted octanol–water partition coefficient (Wildman–Crippen LogP) is 3.21. The number of halogens is 1. The summed E-state index contributed by atoms with van der Waals surface area (Å²) in [7, 11) is 0. The third-order valence-corrected chi connectivity index (χ3v) is 4.84. The van der Waals surface area contributed by atoms with Gasteiger partial charge in [-0.15, -0.1) is 0 Å². The molecular formula is C18H26ClNO3. The van der Waals surface area contributed by atoms with Crippen LogP contribution in [0.25, 0.3) is 0 Å². The molecule has 1 aliphatic rings. The van der Waals surface area contributed by atoms with E-state index in [1.165, 1.54) is 0 Å². The van der Waals surface area contributed by atoms with Crippen molar-refractivity contribution in [1.29, 1.82) is 0 Å². The first-order valence-electron chi connectivity index (χ1n) is 8.21. The van der Waals surface area contributed by atoms with Crippen LogP contribution in [0.3, 0.4) is 0 Å². The molecule has 1 saturated heterocycles. The first kappa shape index (κ1) is 18.2. The van der Waals surface area contributed by atoms with E-state index in [1.807, 2.05) is 49.9 Å². The van der Waals surface area contributed by atoms with E-state index in [0.29, 0.717) is 18.2 Å². The van der Waals surface area contributed by atoms with E-state index in [0.717, 1.165) is 24.9 Å². The van der Waals surface area contributed by atoms with Gasteiger partial charge in [0.25, 0.3) is 0 Å². The fourth-order valence-corrected chi connectivity index (χ4v) is 3.25. The Labute approximate surface area is 143 Å². The number of hydrogen-bond donors (Lipinski definition) is 1. The number of aliphatic hydroxyl groups excluding tert-OH is 1. The Morgan fingerprint density at radius 1 is 1.43 bits per heavy atom. The van der Waals surface area contributed by atoms with Gasteiger partial charge in [-0.25, -0.2) is 0 Å². The number of amides is 1. The van der Waals surface area contributed by atoms with Crippen LogP contribution in [0.1, 0.15) is 39.2 Å². The molecule has 0 radical (unpaired) electrons. The summed E-state index contributed by atoms with van der Waals surface area (Å²) >= 11 is 5.94. The highest BCUT2D eigenvalue weighted by Crippen LogP contribution is 2.30. The van der Waals surface area contributed by atoms with Crippen LogP contribution in [0, 0.1) is 5.92 Å². The van der Waals surface area contributed by atoms with Gasteiger partial charge in [0.05, 0.1) is 5.41 Å². The Morgan fingerprint density at radius 2 is 2.09 bits per heavy atom. The van der Waals surface area contributed by atoms with Crippen molar-refractivity contribution in [3.63, 3.8) is 0 Å². The lowest BCUT2D eigenvalue weighted by molar-refractivity contribution is -0.154. The maximum Gasteiger partial charge on any atom is 0.232 e. The fraction of sp³-hybridized carbons (Fsp3) is 0.611. The van der Waals surface area contributed by atoms with E-state index in [2.05, 4.69) is 0 Å². The predicted molar refractivity (Wildman–Crippen MR) is 91.4 cm³/mol. The molecule has 1 aromatic rings. The van der Waals surface area contributed by atoms with E-state index in [9.17, 15) is 9.90 Å². The van der Waals surface area contributed by atoms with Crippen LogP contribution in [0.5, 0.6) is 0 Å². The highest BCUT2D eigenvalue weighted by atomic mass is 35.5. The summed E-state index contributed by atoms with van der Waals surface area (Å²) in [5.41, 5.74) is 0.322. The molecule has 23 heavy (non-hydrogen) atoms. The van der Waals surface area contributed by atoms with E-state index >= 15 is 0 Å². The number of hydrogen-bond acceptors (Lipinski definition) is 3. The summed E-state index contributed by atoms with van der Waals surface area (Å²) < 4.78 is 5.30. The minimum absolute atomic E-state index is 0.0198. The van der Waals surface area contributed by atoms with Gasteiger partial charge in [0.15, 0.2) is 6.29 Å². The number of piperidine rings is 1. The Balaban J connectivity index is 2.10. The van der Waals surface area contributed by atoms with Gasteiger partial charge < -0.3 is 14.7 Å². The molecule has 0 spiro atoms. The van der Waals surface area contributed by atoms with Crippen molar-refractivity contribution < 1.29 is 14.6 Å². The van der Waals surface area contributed by atoms with Gasteiger partial charge in [0.1, 0.15) is 0 Å². The minimum Gasteiger partial charge on any atom is -0.368 e. The van der Waals surface area contributed by atoms with Gasteiger partial charge in [-0.2, -0.15) is 0 Å². The van der Waals surface area contributed by atoms with Crippen LogP contribution in [-0.4, -0.2) is 41.9 Å². The van der Waals surface area contributed by atoms with Crippen LogP contribution in [-0.2, 0) is 14.9 Å². The molecule has 1 heterocycles. The molecule has 1 aromatic carbocycles. The molecule has 1 N–H and O–H groups in total. The molecule has 1 unspecified atom stereocenters. The lowest BCUT2D eigenvalue weighted by atomic mass is 9.82. The van der Waals surface area contributed by atoms with Crippen molar-refractivity contribution in [2.24, 2.45) is 5.92 Å². The molecule has 0 saturated carbocycles. The summed E-state index contributed by atoms with van der Waals surface area (Å²) in [6.07, 6.45) is 0.970. The Morgan fingerprint density at radius 3 is 2.70 bits per heavy atom. The van der Waals surface area contributed by atoms with E-state index in [1.54, 1.807) is 0 Å². The summed E-state index contributed by atoms with van der Waals surface area (Å²) in [6, 6.07) is 7.42. The molecule has 4 nitrogen and oxygen atoms in total. The van der Waals surface area contributed by atoms with Gasteiger partial charge in [0.2, 0.25) is 5.91 Å². The molecule has 1 aliphatic heterocycles. The number of carbonyl (C=O) groups excluding carboxylic acids is 1. The van der Waals surface area contributed by atoms with Gasteiger partial charge in [0, 0.05) is 30.6 Å². The molecule has 1 fully saturated rings. The monoisotopic (exact) mass is 339 g/mol. The number of aliphatic hydroxyl groups is 1. The van der Waals surface area contributed by atoms with Crippen molar-refractivity contribution in [1.82, 2.24) is 4.90 Å². The zero-order valence-corrected chi connectivity index (χ0v) is 14.8. The maximum atomic E-state index is 13.0. The number of nitrogens with zero attached hydrogens (tertiary/aromatic N) is 1. The van der Waals surface area contributed by atoms with Crippen LogP contribution < -0.4 is 0 Å². The van der Waals surface area contributed by atoms with Gasteiger partial charge >= 0.3 is 0 Å². The van der Waals surface area contributed by atoms with E-state index in [4.69, 9.17) is 16.3 Å². The van der Waals surface area contributed by atoms with Crippen LogP contribution in [0.4, 0.5) is 0 Å². The Hall–Kier alpha value is -1.10. The highest BCUT2D eigenvalue weighted by Gasteiger charge is 2.37. The van der Waals surface area contributed by atoms with Gasteiger partial charge in [-0.3, -0.25) is 4.79 Å². The number of rotatable bonds is 5. The summed E-state index contributed by atoms with van der Waals surface area (Å²) in [5.74, 6) is 0.0573. The van der Waals surface area contributed by atoms with Crippen molar-refractivity contribution in [2.45, 2.75) is 45.3 Å². The zero-order valence-electron chi connectivity index (χ0n) is 14.1. The molecule has 2 atom stereocenters. The molecule has 1 amide bonds. The molecule has 0 aliphatic carbocycles. The summed E-state index contributed by atoms with van der Waals surface area (Å²) in [5, 5.41) is 10.7. The van der Waals surface area contributed by atoms with E-state index in [-0.39, 0.29) is 11.8 Å². The zero-order chi connectivity index (χ0) is 17.0. The second-order valence-electron chi connectivity index (χ2n) is 6.63. The van der Waals surface area contributed by atoms with Crippen LogP contribution in [0.15, 0.2) is 24.3 Å². The topological polar surface area (TPSA) is 49.8 Å². The third-order valence-electron chi connectivity index (χ3n) is 4.59. The molecule has 0 bridgehead atoms.